The molecule has 6 nitrogen and oxygen atoms in total. The first-order valence-electron chi connectivity index (χ1n) is 9.29. The maximum absolute atomic E-state index is 12.1. The van der Waals surface area contributed by atoms with E-state index in [-0.39, 0.29) is 12.5 Å². The lowest BCUT2D eigenvalue weighted by molar-refractivity contribution is 0.0955. The average Bonchev–Trinajstić information content (AvgIpc) is 2.78. The zero-order valence-electron chi connectivity index (χ0n) is 16.8. The monoisotopic (exact) mass is 399 g/mol. The van der Waals surface area contributed by atoms with Crippen LogP contribution in [0.5, 0.6) is 11.5 Å². The highest BCUT2D eigenvalue weighted by Crippen LogP contribution is 2.28. The number of nitrogens with one attached hydrogen (secondary N) is 1. The van der Waals surface area contributed by atoms with Crippen LogP contribution in [-0.2, 0) is 6.61 Å². The van der Waals surface area contributed by atoms with Crippen molar-refractivity contribution in [3.63, 3.8) is 0 Å². The van der Waals surface area contributed by atoms with Gasteiger partial charge in [-0.25, -0.2) is 5.43 Å². The molecule has 0 radical (unpaired) electrons. The van der Waals surface area contributed by atoms with E-state index in [1.807, 2.05) is 37.3 Å². The Bertz CT molecular complexity index is 1100. The number of hydrogen-bond donors (Lipinski definition) is 1. The number of aryl methyl sites for hydroxylation is 1. The van der Waals surface area contributed by atoms with Crippen LogP contribution < -0.4 is 14.9 Å². The van der Waals surface area contributed by atoms with E-state index in [4.69, 9.17) is 9.47 Å². The molecular formula is C24H21N3O3. The lowest BCUT2D eigenvalue weighted by atomic mass is 10.1. The summed E-state index contributed by atoms with van der Waals surface area (Å²) in [5.74, 6) is 0.790. The molecule has 1 N–H and O–H groups in total. The van der Waals surface area contributed by atoms with E-state index in [0.717, 1.165) is 16.7 Å². The zero-order valence-corrected chi connectivity index (χ0v) is 16.8. The van der Waals surface area contributed by atoms with Crippen LogP contribution in [0.15, 0.2) is 71.8 Å². The average molecular weight is 399 g/mol. The zero-order chi connectivity index (χ0) is 21.3. The fourth-order valence-electron chi connectivity index (χ4n) is 2.73. The molecule has 150 valence electrons. The van der Waals surface area contributed by atoms with Gasteiger partial charge in [0.2, 0.25) is 0 Å². The van der Waals surface area contributed by atoms with Crippen LogP contribution in [-0.4, -0.2) is 19.2 Å². The summed E-state index contributed by atoms with van der Waals surface area (Å²) in [5, 5.41) is 13.2. The molecule has 30 heavy (non-hydrogen) atoms. The van der Waals surface area contributed by atoms with Crippen LogP contribution in [0.2, 0.25) is 0 Å². The molecule has 1 amide bonds. The predicted molar refractivity (Wildman–Crippen MR) is 115 cm³/mol. The Morgan fingerprint density at radius 3 is 2.60 bits per heavy atom. The first kappa shape index (κ1) is 20.6. The number of hydrogen-bond acceptors (Lipinski definition) is 5. The number of benzene rings is 3. The number of amides is 1. The van der Waals surface area contributed by atoms with Crippen molar-refractivity contribution < 1.29 is 14.3 Å². The second kappa shape index (κ2) is 9.89. The van der Waals surface area contributed by atoms with Crippen molar-refractivity contribution in [1.82, 2.24) is 5.43 Å². The van der Waals surface area contributed by atoms with Crippen molar-refractivity contribution in [3.8, 4) is 17.6 Å². The molecule has 0 aliphatic carbocycles. The van der Waals surface area contributed by atoms with Gasteiger partial charge in [0.05, 0.1) is 25.0 Å². The molecule has 0 saturated heterocycles. The lowest BCUT2D eigenvalue weighted by Crippen LogP contribution is -2.17. The summed E-state index contributed by atoms with van der Waals surface area (Å²) in [6, 6.07) is 22.0. The van der Waals surface area contributed by atoms with Crippen LogP contribution in [0.1, 0.15) is 32.6 Å². The largest absolute Gasteiger partial charge is 0.493 e. The van der Waals surface area contributed by atoms with Crippen LogP contribution in [0.4, 0.5) is 0 Å². The molecule has 0 spiro atoms. The minimum Gasteiger partial charge on any atom is -0.493 e. The third-order valence-corrected chi connectivity index (χ3v) is 4.40. The second-order valence-corrected chi connectivity index (χ2v) is 6.53. The summed E-state index contributed by atoms with van der Waals surface area (Å²) in [7, 11) is 1.55. The molecule has 0 heterocycles. The van der Waals surface area contributed by atoms with E-state index < -0.39 is 0 Å². The van der Waals surface area contributed by atoms with E-state index in [1.54, 1.807) is 43.5 Å². The summed E-state index contributed by atoms with van der Waals surface area (Å²) in [5.41, 5.74) is 6.24. The van der Waals surface area contributed by atoms with E-state index in [2.05, 4.69) is 16.6 Å². The summed E-state index contributed by atoms with van der Waals surface area (Å²) >= 11 is 0. The molecular weight excluding hydrogens is 378 g/mol. The van der Waals surface area contributed by atoms with Gasteiger partial charge in [0.15, 0.2) is 11.5 Å². The number of ether oxygens (including phenoxy) is 2. The fourth-order valence-corrected chi connectivity index (χ4v) is 2.73. The Balaban J connectivity index is 1.65. The van der Waals surface area contributed by atoms with Gasteiger partial charge in [-0.05, 0) is 48.9 Å². The highest BCUT2D eigenvalue weighted by atomic mass is 16.5. The van der Waals surface area contributed by atoms with Gasteiger partial charge in [0, 0.05) is 11.1 Å². The highest BCUT2D eigenvalue weighted by Gasteiger charge is 2.08. The number of carbonyl (C=O) groups is 1. The molecule has 6 heteroatoms. The Labute approximate surface area is 175 Å². The molecule has 0 fully saturated rings. The summed E-state index contributed by atoms with van der Waals surface area (Å²) in [6.45, 7) is 2.21. The number of nitrogens with zero attached hydrogens (tertiary/aromatic N) is 2. The third kappa shape index (κ3) is 5.24. The Hall–Kier alpha value is -4.11. The SMILES string of the molecule is COc1cc(/C=N\NC(=O)c2ccc(C)cc2)ccc1OCc1ccccc1C#N. The second-order valence-electron chi connectivity index (χ2n) is 6.53. The third-order valence-electron chi connectivity index (χ3n) is 4.40. The number of rotatable bonds is 7. The van der Waals surface area contributed by atoms with E-state index >= 15 is 0 Å². The fraction of sp³-hybridized carbons (Fsp3) is 0.125. The predicted octanol–water partition coefficient (Wildman–Crippen LogP) is 4.22. The van der Waals surface area contributed by atoms with Crippen molar-refractivity contribution in [2.45, 2.75) is 13.5 Å². The molecule has 0 bridgehead atoms. The first-order valence-corrected chi connectivity index (χ1v) is 9.29. The van der Waals surface area contributed by atoms with Crippen molar-refractivity contribution >= 4 is 12.1 Å². The molecule has 0 aliphatic heterocycles. The van der Waals surface area contributed by atoms with Gasteiger partial charge < -0.3 is 9.47 Å². The van der Waals surface area contributed by atoms with Gasteiger partial charge in [-0.3, -0.25) is 4.79 Å². The van der Waals surface area contributed by atoms with Gasteiger partial charge in [-0.15, -0.1) is 0 Å². The van der Waals surface area contributed by atoms with Crippen LogP contribution in [0, 0.1) is 18.3 Å². The molecule has 0 aromatic heterocycles. The van der Waals surface area contributed by atoms with Crippen LogP contribution in [0.3, 0.4) is 0 Å². The van der Waals surface area contributed by atoms with Gasteiger partial charge in [-0.2, -0.15) is 10.4 Å². The Kier molecular flexibility index (Phi) is 6.80. The molecule has 3 aromatic carbocycles. The van der Waals surface area contributed by atoms with Gasteiger partial charge in [-0.1, -0.05) is 35.9 Å². The van der Waals surface area contributed by atoms with E-state index in [1.165, 1.54) is 6.21 Å². The Morgan fingerprint density at radius 2 is 1.87 bits per heavy atom. The lowest BCUT2D eigenvalue weighted by Gasteiger charge is -2.12. The summed E-state index contributed by atoms with van der Waals surface area (Å²) < 4.78 is 11.2. The molecule has 0 atom stereocenters. The standard InChI is InChI=1S/C24H21N3O3/c1-17-7-10-19(11-8-17)24(28)27-26-15-18-9-12-22(23(13-18)29-2)30-16-21-6-4-3-5-20(21)14-25/h3-13,15H,16H2,1-2H3,(H,27,28)/b26-15-. The minimum atomic E-state index is -0.283. The number of methoxy groups -OCH3 is 1. The van der Waals surface area contributed by atoms with Crippen LogP contribution >= 0.6 is 0 Å². The molecule has 0 saturated carbocycles. The number of hydrazone groups is 1. The topological polar surface area (TPSA) is 83.7 Å². The van der Waals surface area contributed by atoms with E-state index in [9.17, 15) is 10.1 Å². The van der Waals surface area contributed by atoms with E-state index in [0.29, 0.717) is 22.6 Å². The van der Waals surface area contributed by atoms with Crippen molar-refractivity contribution in [2.75, 3.05) is 7.11 Å². The molecule has 0 aliphatic rings. The minimum absolute atomic E-state index is 0.250. The highest BCUT2D eigenvalue weighted by molar-refractivity contribution is 5.94. The molecule has 3 aromatic rings. The summed E-state index contributed by atoms with van der Waals surface area (Å²) in [4.78, 5) is 12.1. The smallest absolute Gasteiger partial charge is 0.271 e. The first-order chi connectivity index (χ1) is 14.6. The van der Waals surface area contributed by atoms with Crippen molar-refractivity contribution in [2.24, 2.45) is 5.10 Å². The maximum Gasteiger partial charge on any atom is 0.271 e. The number of nitriles is 1. The maximum atomic E-state index is 12.1. The number of carbonyl (C=O) groups excluding carboxylic acids is 1. The summed E-state index contributed by atoms with van der Waals surface area (Å²) in [6.07, 6.45) is 1.53. The van der Waals surface area contributed by atoms with Gasteiger partial charge in [0.25, 0.3) is 5.91 Å². The van der Waals surface area contributed by atoms with Crippen LogP contribution in [0.25, 0.3) is 0 Å². The molecule has 3 rings (SSSR count). The van der Waals surface area contributed by atoms with Gasteiger partial charge in [0.1, 0.15) is 6.61 Å². The van der Waals surface area contributed by atoms with Gasteiger partial charge >= 0.3 is 0 Å². The van der Waals surface area contributed by atoms with Crippen molar-refractivity contribution in [3.05, 3.63) is 94.5 Å². The Morgan fingerprint density at radius 1 is 1.10 bits per heavy atom. The quantitative estimate of drug-likeness (QED) is 0.476. The normalized spacial score (nSPS) is 10.4. The van der Waals surface area contributed by atoms with Crippen molar-refractivity contribution in [1.29, 1.82) is 5.26 Å². The molecule has 0 unspecified atom stereocenters.